The molecule has 1 atom stereocenters. The second kappa shape index (κ2) is 9.53. The Morgan fingerprint density at radius 3 is 2.12 bits per heavy atom. The molecular weight excluding hydrogens is 473 g/mol. The van der Waals surface area contributed by atoms with Gasteiger partial charge in [-0.15, -0.1) is 0 Å². The summed E-state index contributed by atoms with van der Waals surface area (Å²) in [4.78, 5) is 15.0. The number of rotatable bonds is 7. The van der Waals surface area contributed by atoms with Crippen molar-refractivity contribution in [3.63, 3.8) is 0 Å². The molecule has 3 aromatic carbocycles. The number of carbonyl (C=O) groups is 1. The first kappa shape index (κ1) is 22.6. The van der Waals surface area contributed by atoms with Gasteiger partial charge in [0.1, 0.15) is 17.2 Å². The van der Waals surface area contributed by atoms with Gasteiger partial charge in [0, 0.05) is 23.6 Å². The highest BCUT2D eigenvalue weighted by Crippen LogP contribution is 2.40. The monoisotopic (exact) mass is 497 g/mol. The molecule has 0 spiro atoms. The molecule has 6 heteroatoms. The molecule has 1 saturated heterocycles. The molecule has 1 N–H and O–H groups in total. The predicted octanol–water partition coefficient (Wildman–Crippen LogP) is 5.36. The standard InChI is InChI=1S/C26H25BrFNO3/c1-2-23(25(30)32-22-14-20(27)13-21(28)15-22)26(31)16-29(17-26)24(18-9-5-3-6-10-18)19-11-7-4-8-12-19/h3-15,23-24,31H,2,16-17H2,1H3/t23-/m0/s1. The third-order valence-electron chi connectivity index (χ3n) is 5.95. The molecule has 3 aromatic rings. The summed E-state index contributed by atoms with van der Waals surface area (Å²) in [6.07, 6.45) is 0.418. The lowest BCUT2D eigenvalue weighted by atomic mass is 9.77. The smallest absolute Gasteiger partial charge is 0.317 e. The van der Waals surface area contributed by atoms with Crippen LogP contribution >= 0.6 is 15.9 Å². The predicted molar refractivity (Wildman–Crippen MR) is 125 cm³/mol. The Hall–Kier alpha value is -2.54. The fraction of sp³-hybridized carbons (Fsp3) is 0.269. The highest BCUT2D eigenvalue weighted by Gasteiger charge is 2.52. The molecule has 1 aliphatic heterocycles. The highest BCUT2D eigenvalue weighted by molar-refractivity contribution is 9.10. The number of esters is 1. The van der Waals surface area contributed by atoms with Crippen molar-refractivity contribution in [2.24, 2.45) is 5.92 Å². The summed E-state index contributed by atoms with van der Waals surface area (Å²) >= 11 is 3.20. The lowest BCUT2D eigenvalue weighted by Gasteiger charge is -2.52. The number of ether oxygens (including phenoxy) is 1. The van der Waals surface area contributed by atoms with E-state index in [1.165, 1.54) is 12.1 Å². The molecular formula is C26H25BrFNO3. The maximum Gasteiger partial charge on any atom is 0.317 e. The molecule has 0 amide bonds. The van der Waals surface area contributed by atoms with Crippen molar-refractivity contribution in [2.75, 3.05) is 13.1 Å². The van der Waals surface area contributed by atoms with Gasteiger partial charge < -0.3 is 9.84 Å². The number of carbonyl (C=O) groups excluding carboxylic acids is 1. The SMILES string of the molecule is CC[C@@H](C(=O)Oc1cc(F)cc(Br)c1)C1(O)CN(C(c2ccccc2)c2ccccc2)C1. The zero-order chi connectivity index (χ0) is 22.7. The van der Waals surface area contributed by atoms with Gasteiger partial charge in [-0.3, -0.25) is 9.69 Å². The van der Waals surface area contributed by atoms with Crippen LogP contribution in [0.2, 0.25) is 0 Å². The number of β-amino-alcohol motifs (C(OH)–C–C–N with tert-alkyl or cyclic N) is 1. The largest absolute Gasteiger partial charge is 0.426 e. The summed E-state index contributed by atoms with van der Waals surface area (Å²) < 4.78 is 19.6. The average molecular weight is 498 g/mol. The van der Waals surface area contributed by atoms with Crippen LogP contribution in [0.25, 0.3) is 0 Å². The third-order valence-corrected chi connectivity index (χ3v) is 6.40. The van der Waals surface area contributed by atoms with Crippen molar-refractivity contribution in [1.82, 2.24) is 4.90 Å². The van der Waals surface area contributed by atoms with Crippen LogP contribution in [0.3, 0.4) is 0 Å². The first-order valence-electron chi connectivity index (χ1n) is 10.6. The molecule has 166 valence electrons. The number of benzene rings is 3. The van der Waals surface area contributed by atoms with Gasteiger partial charge in [-0.2, -0.15) is 0 Å². The minimum absolute atomic E-state index is 0.0228. The maximum absolute atomic E-state index is 13.7. The fourth-order valence-electron chi connectivity index (χ4n) is 4.49. The molecule has 0 radical (unpaired) electrons. The van der Waals surface area contributed by atoms with Gasteiger partial charge in [0.05, 0.1) is 12.0 Å². The Morgan fingerprint density at radius 2 is 1.62 bits per heavy atom. The molecule has 0 saturated carbocycles. The summed E-state index contributed by atoms with van der Waals surface area (Å²) in [5.41, 5.74) is 1.04. The van der Waals surface area contributed by atoms with Crippen molar-refractivity contribution in [3.05, 3.63) is 100 Å². The summed E-state index contributed by atoms with van der Waals surface area (Å²) in [7, 11) is 0. The van der Waals surface area contributed by atoms with Gasteiger partial charge >= 0.3 is 5.97 Å². The number of hydrogen-bond donors (Lipinski definition) is 1. The van der Waals surface area contributed by atoms with E-state index in [2.05, 4.69) is 45.1 Å². The number of aliphatic hydroxyl groups is 1. The van der Waals surface area contributed by atoms with E-state index in [0.29, 0.717) is 24.0 Å². The number of nitrogens with zero attached hydrogens (tertiary/aromatic N) is 1. The minimum Gasteiger partial charge on any atom is -0.426 e. The molecule has 4 rings (SSSR count). The molecule has 1 heterocycles. The highest BCUT2D eigenvalue weighted by atomic mass is 79.9. The van der Waals surface area contributed by atoms with E-state index in [1.807, 2.05) is 43.3 Å². The van der Waals surface area contributed by atoms with Crippen LogP contribution < -0.4 is 4.74 Å². The lowest BCUT2D eigenvalue weighted by molar-refractivity contribution is -0.174. The zero-order valence-corrected chi connectivity index (χ0v) is 19.3. The third kappa shape index (κ3) is 4.77. The summed E-state index contributed by atoms with van der Waals surface area (Å²) in [5, 5.41) is 11.3. The second-order valence-electron chi connectivity index (χ2n) is 8.22. The van der Waals surface area contributed by atoms with Crippen molar-refractivity contribution >= 4 is 21.9 Å². The Balaban J connectivity index is 1.52. The molecule has 32 heavy (non-hydrogen) atoms. The van der Waals surface area contributed by atoms with Crippen molar-refractivity contribution in [1.29, 1.82) is 0 Å². The number of likely N-dealkylation sites (tertiary alicyclic amines) is 1. The summed E-state index contributed by atoms with van der Waals surface area (Å²) in [6.45, 7) is 2.52. The molecule has 4 nitrogen and oxygen atoms in total. The Labute approximate surface area is 195 Å². The molecule has 1 fully saturated rings. The van der Waals surface area contributed by atoms with E-state index in [-0.39, 0.29) is 11.8 Å². The van der Waals surface area contributed by atoms with E-state index in [9.17, 15) is 14.3 Å². The summed E-state index contributed by atoms with van der Waals surface area (Å²) in [6, 6.07) is 24.2. The normalized spacial score (nSPS) is 16.4. The summed E-state index contributed by atoms with van der Waals surface area (Å²) in [5.74, 6) is -1.65. The zero-order valence-electron chi connectivity index (χ0n) is 17.7. The Bertz CT molecular complexity index is 1010. The quantitative estimate of drug-likeness (QED) is 0.352. The van der Waals surface area contributed by atoms with Gasteiger partial charge in [0.15, 0.2) is 0 Å². The number of hydrogen-bond acceptors (Lipinski definition) is 4. The van der Waals surface area contributed by atoms with Crippen LogP contribution in [-0.4, -0.2) is 34.7 Å². The van der Waals surface area contributed by atoms with Gasteiger partial charge in [0.2, 0.25) is 0 Å². The van der Waals surface area contributed by atoms with Crippen LogP contribution in [0.4, 0.5) is 4.39 Å². The molecule has 0 aromatic heterocycles. The Kier molecular flexibility index (Phi) is 6.74. The van der Waals surface area contributed by atoms with Gasteiger partial charge in [0.25, 0.3) is 0 Å². The van der Waals surface area contributed by atoms with E-state index in [4.69, 9.17) is 4.74 Å². The van der Waals surface area contributed by atoms with E-state index < -0.39 is 23.3 Å². The molecule has 0 unspecified atom stereocenters. The van der Waals surface area contributed by atoms with Crippen LogP contribution in [0.15, 0.2) is 83.3 Å². The van der Waals surface area contributed by atoms with Crippen LogP contribution in [-0.2, 0) is 4.79 Å². The van der Waals surface area contributed by atoms with Crippen molar-refractivity contribution in [2.45, 2.75) is 25.0 Å². The van der Waals surface area contributed by atoms with Gasteiger partial charge in [-0.05, 0) is 29.7 Å². The molecule has 0 aliphatic carbocycles. The minimum atomic E-state index is -1.21. The maximum atomic E-state index is 13.7. The average Bonchev–Trinajstić information content (AvgIpc) is 2.74. The Morgan fingerprint density at radius 1 is 1.06 bits per heavy atom. The molecule has 1 aliphatic rings. The van der Waals surface area contributed by atoms with E-state index in [1.54, 1.807) is 0 Å². The molecule has 0 bridgehead atoms. The second-order valence-corrected chi connectivity index (χ2v) is 9.14. The lowest BCUT2D eigenvalue weighted by Crippen LogP contribution is -2.67. The van der Waals surface area contributed by atoms with Crippen molar-refractivity contribution < 1.29 is 19.0 Å². The van der Waals surface area contributed by atoms with Crippen LogP contribution in [0.1, 0.15) is 30.5 Å². The van der Waals surface area contributed by atoms with Gasteiger partial charge in [-0.1, -0.05) is 83.5 Å². The van der Waals surface area contributed by atoms with Crippen LogP contribution in [0.5, 0.6) is 5.75 Å². The fourth-order valence-corrected chi connectivity index (χ4v) is 4.93. The van der Waals surface area contributed by atoms with Crippen molar-refractivity contribution in [3.8, 4) is 5.75 Å². The first-order valence-corrected chi connectivity index (χ1v) is 11.4. The number of halogens is 2. The topological polar surface area (TPSA) is 49.8 Å². The van der Waals surface area contributed by atoms with Crippen LogP contribution in [0, 0.1) is 11.7 Å². The van der Waals surface area contributed by atoms with Gasteiger partial charge in [-0.25, -0.2) is 4.39 Å². The van der Waals surface area contributed by atoms with E-state index in [0.717, 1.165) is 17.2 Å². The first-order chi connectivity index (χ1) is 15.4. The van der Waals surface area contributed by atoms with E-state index >= 15 is 0 Å².